The van der Waals surface area contributed by atoms with Crippen LogP contribution in [0.1, 0.15) is 41.0 Å². The Morgan fingerprint density at radius 1 is 1.20 bits per heavy atom. The third-order valence-electron chi connectivity index (χ3n) is 3.07. The molecule has 4 N–H and O–H groups in total. The zero-order valence-corrected chi connectivity index (χ0v) is 15.8. The van der Waals surface area contributed by atoms with E-state index in [0.717, 1.165) is 6.07 Å². The third-order valence-corrected chi connectivity index (χ3v) is 4.84. The number of halogens is 2. The van der Waals surface area contributed by atoms with E-state index in [2.05, 4.69) is 10.0 Å². The van der Waals surface area contributed by atoms with Gasteiger partial charge in [0, 0.05) is 11.6 Å². The molecule has 1 atom stereocenters. The second-order valence-corrected chi connectivity index (χ2v) is 8.99. The maximum Gasteiger partial charge on any atom is 0.244 e. The van der Waals surface area contributed by atoms with Crippen LogP contribution in [0.4, 0.5) is 14.5 Å². The van der Waals surface area contributed by atoms with Gasteiger partial charge in [0.15, 0.2) is 0 Å². The molecule has 0 saturated heterocycles. The number of sulfonamides is 1. The van der Waals surface area contributed by atoms with Crippen molar-refractivity contribution in [2.45, 2.75) is 57.5 Å². The molecule has 0 spiro atoms. The zero-order chi connectivity index (χ0) is 19.6. The highest BCUT2D eigenvalue weighted by atomic mass is 32.2. The van der Waals surface area contributed by atoms with E-state index in [1.807, 2.05) is 13.8 Å². The Labute approximate surface area is 147 Å². The van der Waals surface area contributed by atoms with Gasteiger partial charge in [-0.1, -0.05) is 13.8 Å². The Morgan fingerprint density at radius 2 is 1.76 bits per heavy atom. The van der Waals surface area contributed by atoms with E-state index in [-0.39, 0.29) is 5.92 Å². The zero-order valence-electron chi connectivity index (χ0n) is 15.0. The number of benzene rings is 1. The van der Waals surface area contributed by atoms with E-state index in [0.29, 0.717) is 12.5 Å². The van der Waals surface area contributed by atoms with E-state index in [9.17, 15) is 22.0 Å². The maximum atomic E-state index is 14.0. The molecule has 0 fully saturated rings. The number of nitrogens with two attached hydrogens (primary N) is 1. The van der Waals surface area contributed by atoms with Crippen molar-refractivity contribution >= 4 is 21.6 Å². The molecular formula is C16H25F2N3O3S. The molecule has 1 rings (SSSR count). The predicted octanol–water partition coefficient (Wildman–Crippen LogP) is 2.35. The lowest BCUT2D eigenvalue weighted by Gasteiger charge is -2.21. The molecule has 0 bridgehead atoms. The van der Waals surface area contributed by atoms with Crippen molar-refractivity contribution in [2.75, 3.05) is 5.32 Å². The van der Waals surface area contributed by atoms with Gasteiger partial charge in [0.05, 0.1) is 11.7 Å². The van der Waals surface area contributed by atoms with Crippen LogP contribution in [0.5, 0.6) is 0 Å². The molecule has 0 aliphatic carbocycles. The number of rotatable bonds is 6. The highest BCUT2D eigenvalue weighted by Gasteiger charge is 2.27. The van der Waals surface area contributed by atoms with Crippen LogP contribution in [0.25, 0.3) is 0 Å². The largest absolute Gasteiger partial charge is 0.322 e. The normalized spacial score (nSPS) is 13.8. The number of hydrogen-bond acceptors (Lipinski definition) is 4. The summed E-state index contributed by atoms with van der Waals surface area (Å²) in [4.78, 5) is 11.3. The number of anilines is 1. The van der Waals surface area contributed by atoms with Crippen LogP contribution in [0.3, 0.4) is 0 Å². The van der Waals surface area contributed by atoms with Crippen molar-refractivity contribution < 1.29 is 22.0 Å². The second-order valence-electron chi connectivity index (χ2n) is 7.34. The third kappa shape index (κ3) is 6.33. The minimum absolute atomic E-state index is 0.144. The van der Waals surface area contributed by atoms with Crippen molar-refractivity contribution in [2.24, 2.45) is 11.7 Å². The molecule has 0 heterocycles. The molecule has 1 amide bonds. The summed E-state index contributed by atoms with van der Waals surface area (Å²) in [7, 11) is -4.24. The summed E-state index contributed by atoms with van der Waals surface area (Å²) in [5.74, 6) is -2.87. The van der Waals surface area contributed by atoms with Crippen LogP contribution < -0.4 is 15.8 Å². The van der Waals surface area contributed by atoms with Gasteiger partial charge >= 0.3 is 0 Å². The molecule has 0 aliphatic rings. The topological polar surface area (TPSA) is 101 Å². The van der Waals surface area contributed by atoms with Crippen molar-refractivity contribution in [1.82, 2.24) is 4.72 Å². The van der Waals surface area contributed by atoms with E-state index in [1.165, 1.54) is 0 Å². The molecule has 1 aromatic rings. The molecule has 25 heavy (non-hydrogen) atoms. The number of carbonyl (C=O) groups is 1. The van der Waals surface area contributed by atoms with E-state index < -0.39 is 49.7 Å². The Hall–Kier alpha value is -1.58. The van der Waals surface area contributed by atoms with Gasteiger partial charge in [0.2, 0.25) is 15.9 Å². The van der Waals surface area contributed by atoms with Gasteiger partial charge in [0.1, 0.15) is 16.5 Å². The highest BCUT2D eigenvalue weighted by molar-refractivity contribution is 7.89. The molecule has 0 unspecified atom stereocenters. The van der Waals surface area contributed by atoms with Crippen LogP contribution in [0.2, 0.25) is 0 Å². The number of carbonyl (C=O) groups excluding carboxylic acids is 1. The Kier molecular flexibility index (Phi) is 6.66. The fourth-order valence-corrected chi connectivity index (χ4v) is 3.63. The first-order valence-electron chi connectivity index (χ1n) is 7.82. The van der Waals surface area contributed by atoms with Crippen LogP contribution in [-0.2, 0) is 14.8 Å². The fraction of sp³-hybridized carbons (Fsp3) is 0.562. The van der Waals surface area contributed by atoms with E-state index in [1.54, 1.807) is 20.8 Å². The Morgan fingerprint density at radius 3 is 2.24 bits per heavy atom. The summed E-state index contributed by atoms with van der Waals surface area (Å²) in [5.41, 5.74) is 4.41. The summed E-state index contributed by atoms with van der Waals surface area (Å²) >= 11 is 0. The minimum atomic E-state index is -4.24. The monoisotopic (exact) mass is 377 g/mol. The SMILES string of the molecule is CC(C)C[C@H](N)C(=O)Nc1cc(S(=O)(=O)NC(C)(C)C)c(F)cc1F. The Balaban J connectivity index is 3.18. The van der Waals surface area contributed by atoms with E-state index >= 15 is 0 Å². The van der Waals surface area contributed by atoms with Crippen molar-refractivity contribution in [3.63, 3.8) is 0 Å². The highest BCUT2D eigenvalue weighted by Crippen LogP contribution is 2.24. The van der Waals surface area contributed by atoms with Gasteiger partial charge < -0.3 is 11.1 Å². The summed E-state index contributed by atoms with van der Waals surface area (Å²) in [6.45, 7) is 8.49. The van der Waals surface area contributed by atoms with Crippen LogP contribution in [0, 0.1) is 17.6 Å². The standard InChI is InChI=1S/C16H25F2N3O3S/c1-9(2)6-12(19)15(22)20-13-8-14(11(18)7-10(13)17)25(23,24)21-16(3,4)5/h7-9,12,21H,6,19H2,1-5H3,(H,20,22)/t12-/m0/s1. The Bertz CT molecular complexity index is 744. The van der Waals surface area contributed by atoms with Crippen LogP contribution >= 0.6 is 0 Å². The van der Waals surface area contributed by atoms with Gasteiger partial charge in [-0.15, -0.1) is 0 Å². The molecular weight excluding hydrogens is 352 g/mol. The van der Waals surface area contributed by atoms with Gasteiger partial charge in [-0.2, -0.15) is 0 Å². The first kappa shape index (κ1) is 21.5. The lowest BCUT2D eigenvalue weighted by molar-refractivity contribution is -0.117. The first-order valence-corrected chi connectivity index (χ1v) is 9.30. The van der Waals surface area contributed by atoms with E-state index in [4.69, 9.17) is 5.73 Å². The smallest absolute Gasteiger partial charge is 0.244 e. The molecule has 142 valence electrons. The molecule has 0 saturated carbocycles. The van der Waals surface area contributed by atoms with Gasteiger partial charge in [0.25, 0.3) is 0 Å². The lowest BCUT2D eigenvalue weighted by atomic mass is 10.0. The van der Waals surface area contributed by atoms with Gasteiger partial charge in [-0.25, -0.2) is 21.9 Å². The first-order chi connectivity index (χ1) is 11.2. The molecule has 9 heteroatoms. The summed E-state index contributed by atoms with van der Waals surface area (Å²) in [6.07, 6.45) is 0.366. The van der Waals surface area contributed by atoms with Crippen LogP contribution in [-0.4, -0.2) is 25.9 Å². The number of nitrogens with one attached hydrogen (secondary N) is 2. The summed E-state index contributed by atoms with van der Waals surface area (Å²) < 4.78 is 54.8. The van der Waals surface area contributed by atoms with Crippen molar-refractivity contribution in [1.29, 1.82) is 0 Å². The fourth-order valence-electron chi connectivity index (χ4n) is 2.13. The molecule has 0 aromatic heterocycles. The molecule has 0 aliphatic heterocycles. The van der Waals surface area contributed by atoms with Crippen molar-refractivity contribution in [3.8, 4) is 0 Å². The van der Waals surface area contributed by atoms with Gasteiger partial charge in [-0.05, 0) is 39.2 Å². The van der Waals surface area contributed by atoms with Crippen molar-refractivity contribution in [3.05, 3.63) is 23.8 Å². The molecule has 0 radical (unpaired) electrons. The number of hydrogen-bond donors (Lipinski definition) is 3. The molecule has 6 nitrogen and oxygen atoms in total. The lowest BCUT2D eigenvalue weighted by Crippen LogP contribution is -2.41. The summed E-state index contributed by atoms with van der Waals surface area (Å²) in [6, 6.07) is 0.275. The average Bonchev–Trinajstić information content (AvgIpc) is 2.37. The predicted molar refractivity (Wildman–Crippen MR) is 92.5 cm³/mol. The minimum Gasteiger partial charge on any atom is -0.322 e. The quantitative estimate of drug-likeness (QED) is 0.708. The maximum absolute atomic E-state index is 14.0. The summed E-state index contributed by atoms with van der Waals surface area (Å²) in [5, 5.41) is 2.22. The number of amides is 1. The second kappa shape index (κ2) is 7.76. The van der Waals surface area contributed by atoms with Gasteiger partial charge in [-0.3, -0.25) is 4.79 Å². The molecule has 1 aromatic carbocycles. The average molecular weight is 377 g/mol. The van der Waals surface area contributed by atoms with Crippen LogP contribution in [0.15, 0.2) is 17.0 Å².